The maximum atomic E-state index is 4.89. The number of hydrogen-bond donors (Lipinski definition) is 1. The number of imidazole rings is 1. The molecule has 4 nitrogen and oxygen atoms in total. The lowest BCUT2D eigenvalue weighted by atomic mass is 9.87. The Morgan fingerprint density at radius 2 is 1.84 bits per heavy atom. The van der Waals surface area contributed by atoms with Crippen LogP contribution in [0.2, 0.25) is 0 Å². The minimum absolute atomic E-state index is 0.0792. The third-order valence-corrected chi connectivity index (χ3v) is 5.03. The van der Waals surface area contributed by atoms with Gasteiger partial charge in [-0.25, -0.2) is 9.97 Å². The number of benzene rings is 2. The van der Waals surface area contributed by atoms with Gasteiger partial charge in [-0.15, -0.1) is 0 Å². The van der Waals surface area contributed by atoms with Crippen molar-refractivity contribution in [2.45, 2.75) is 26.2 Å². The topological polar surface area (TPSA) is 42.2 Å². The van der Waals surface area contributed by atoms with Crippen LogP contribution >= 0.6 is 15.9 Å². The first-order chi connectivity index (χ1) is 11.9. The zero-order valence-corrected chi connectivity index (χ0v) is 16.0. The van der Waals surface area contributed by atoms with Gasteiger partial charge in [0.2, 0.25) is 0 Å². The van der Waals surface area contributed by atoms with Gasteiger partial charge in [-0.05, 0) is 51.2 Å². The molecule has 0 amide bonds. The maximum absolute atomic E-state index is 4.89. The van der Waals surface area contributed by atoms with E-state index in [4.69, 9.17) is 4.98 Å². The van der Waals surface area contributed by atoms with Crippen molar-refractivity contribution in [3.05, 3.63) is 65.0 Å². The second-order valence-corrected chi connectivity index (χ2v) is 8.02. The van der Waals surface area contributed by atoms with E-state index in [0.29, 0.717) is 0 Å². The van der Waals surface area contributed by atoms with Gasteiger partial charge in [-0.3, -0.25) is 4.40 Å². The van der Waals surface area contributed by atoms with E-state index in [1.165, 1.54) is 5.56 Å². The number of halogens is 1. The van der Waals surface area contributed by atoms with Gasteiger partial charge >= 0.3 is 0 Å². The average molecular weight is 395 g/mol. The monoisotopic (exact) mass is 394 g/mol. The fraction of sp³-hybridized carbons (Fsp3) is 0.200. The van der Waals surface area contributed by atoms with Crippen LogP contribution in [0.3, 0.4) is 0 Å². The molecule has 5 heteroatoms. The van der Waals surface area contributed by atoms with E-state index >= 15 is 0 Å². The lowest BCUT2D eigenvalue weighted by Crippen LogP contribution is -2.11. The molecule has 2 aromatic carbocycles. The number of rotatable bonds is 2. The smallest absolute Gasteiger partial charge is 0.157 e. The van der Waals surface area contributed by atoms with Crippen LogP contribution < -0.4 is 5.32 Å². The largest absolute Gasteiger partial charge is 0.337 e. The van der Waals surface area contributed by atoms with Gasteiger partial charge in [-0.2, -0.15) is 0 Å². The van der Waals surface area contributed by atoms with E-state index in [1.807, 2.05) is 36.8 Å². The number of anilines is 2. The molecular weight excluding hydrogens is 376 g/mol. The van der Waals surface area contributed by atoms with Gasteiger partial charge in [-0.1, -0.05) is 39.0 Å². The number of para-hydroxylation sites is 1. The van der Waals surface area contributed by atoms with Crippen molar-refractivity contribution >= 4 is 44.0 Å². The number of hydrogen-bond acceptors (Lipinski definition) is 3. The Kier molecular flexibility index (Phi) is 3.76. The molecule has 0 aliphatic heterocycles. The molecule has 0 spiro atoms. The van der Waals surface area contributed by atoms with E-state index in [1.54, 1.807) is 0 Å². The van der Waals surface area contributed by atoms with Gasteiger partial charge in [0.05, 0.1) is 29.2 Å². The fourth-order valence-corrected chi connectivity index (χ4v) is 3.29. The predicted octanol–water partition coefficient (Wildman–Crippen LogP) is 5.69. The average Bonchev–Trinajstić information content (AvgIpc) is 3.06. The zero-order chi connectivity index (χ0) is 17.6. The SMILES string of the molecule is CC(C)(C)c1ccc2c(c1)nc(Nc1ccccc1Br)c1cncn12. The molecule has 0 aliphatic carbocycles. The summed E-state index contributed by atoms with van der Waals surface area (Å²) in [7, 11) is 0. The van der Waals surface area contributed by atoms with Gasteiger partial charge < -0.3 is 5.32 Å². The third-order valence-electron chi connectivity index (χ3n) is 4.34. The van der Waals surface area contributed by atoms with Crippen molar-refractivity contribution < 1.29 is 0 Å². The molecule has 2 aromatic heterocycles. The van der Waals surface area contributed by atoms with Crippen LogP contribution in [0.4, 0.5) is 11.5 Å². The molecule has 0 unspecified atom stereocenters. The van der Waals surface area contributed by atoms with E-state index in [2.05, 4.69) is 69.6 Å². The van der Waals surface area contributed by atoms with Crippen molar-refractivity contribution in [1.82, 2.24) is 14.4 Å². The molecule has 0 saturated carbocycles. The number of fused-ring (bicyclic) bond motifs is 3. The summed E-state index contributed by atoms with van der Waals surface area (Å²) in [6, 6.07) is 14.5. The predicted molar refractivity (Wildman–Crippen MR) is 107 cm³/mol. The van der Waals surface area contributed by atoms with Gasteiger partial charge in [0, 0.05) is 4.47 Å². The van der Waals surface area contributed by atoms with Crippen LogP contribution in [0.25, 0.3) is 16.6 Å². The van der Waals surface area contributed by atoms with E-state index in [-0.39, 0.29) is 5.41 Å². The van der Waals surface area contributed by atoms with E-state index < -0.39 is 0 Å². The summed E-state index contributed by atoms with van der Waals surface area (Å²) in [5, 5.41) is 3.43. The summed E-state index contributed by atoms with van der Waals surface area (Å²) < 4.78 is 3.08. The summed E-state index contributed by atoms with van der Waals surface area (Å²) in [5.41, 5.74) is 5.27. The summed E-state index contributed by atoms with van der Waals surface area (Å²) >= 11 is 3.58. The molecular formula is C20H19BrN4. The van der Waals surface area contributed by atoms with Crippen LogP contribution in [-0.4, -0.2) is 14.4 Å². The first kappa shape index (κ1) is 16.1. The van der Waals surface area contributed by atoms with Crippen LogP contribution in [-0.2, 0) is 5.41 Å². The molecule has 4 aromatic rings. The quantitative estimate of drug-likeness (QED) is 0.474. The van der Waals surface area contributed by atoms with Gasteiger partial charge in [0.15, 0.2) is 5.82 Å². The Balaban J connectivity index is 1.93. The summed E-state index contributed by atoms with van der Waals surface area (Å²) in [6.07, 6.45) is 3.67. The van der Waals surface area contributed by atoms with Crippen molar-refractivity contribution in [2.24, 2.45) is 0 Å². The molecule has 4 rings (SSSR count). The molecule has 0 saturated heterocycles. The first-order valence-electron chi connectivity index (χ1n) is 8.21. The normalized spacial score (nSPS) is 12.0. The molecule has 0 atom stereocenters. The standard InChI is InChI=1S/C20H19BrN4/c1-20(2,3)13-8-9-17-16(10-13)24-19(18-11-22-12-25(17)18)23-15-7-5-4-6-14(15)21/h4-12H,1-3H3,(H,23,24). The summed E-state index contributed by atoms with van der Waals surface area (Å²) in [5.74, 6) is 0.794. The molecule has 25 heavy (non-hydrogen) atoms. The number of nitrogens with zero attached hydrogens (tertiary/aromatic N) is 3. The van der Waals surface area contributed by atoms with Crippen molar-refractivity contribution in [3.63, 3.8) is 0 Å². The molecule has 0 aliphatic rings. The summed E-state index contributed by atoms with van der Waals surface area (Å²) in [6.45, 7) is 6.64. The van der Waals surface area contributed by atoms with Gasteiger partial charge in [0.25, 0.3) is 0 Å². The molecule has 0 fully saturated rings. The fourth-order valence-electron chi connectivity index (χ4n) is 2.91. The Hall–Kier alpha value is -2.40. The van der Waals surface area contributed by atoms with Crippen LogP contribution in [0.1, 0.15) is 26.3 Å². The lowest BCUT2D eigenvalue weighted by molar-refractivity contribution is 0.591. The highest BCUT2D eigenvalue weighted by Crippen LogP contribution is 2.30. The van der Waals surface area contributed by atoms with Crippen molar-refractivity contribution in [1.29, 1.82) is 0 Å². The second kappa shape index (κ2) is 5.85. The molecule has 0 radical (unpaired) electrons. The zero-order valence-electron chi connectivity index (χ0n) is 14.4. The van der Waals surface area contributed by atoms with Crippen LogP contribution in [0.15, 0.2) is 59.5 Å². The Bertz CT molecular complexity index is 1080. The minimum Gasteiger partial charge on any atom is -0.337 e. The van der Waals surface area contributed by atoms with Gasteiger partial charge in [0.1, 0.15) is 5.52 Å². The van der Waals surface area contributed by atoms with Crippen LogP contribution in [0.5, 0.6) is 0 Å². The maximum Gasteiger partial charge on any atom is 0.157 e. The number of nitrogens with one attached hydrogen (secondary N) is 1. The van der Waals surface area contributed by atoms with Crippen molar-refractivity contribution in [3.8, 4) is 0 Å². The minimum atomic E-state index is 0.0792. The van der Waals surface area contributed by atoms with E-state index in [9.17, 15) is 0 Å². The molecule has 2 heterocycles. The highest BCUT2D eigenvalue weighted by atomic mass is 79.9. The Morgan fingerprint density at radius 1 is 1.04 bits per heavy atom. The van der Waals surface area contributed by atoms with Crippen molar-refractivity contribution in [2.75, 3.05) is 5.32 Å². The first-order valence-corrected chi connectivity index (χ1v) is 9.01. The molecule has 126 valence electrons. The lowest BCUT2D eigenvalue weighted by Gasteiger charge is -2.20. The molecule has 0 bridgehead atoms. The highest BCUT2D eigenvalue weighted by molar-refractivity contribution is 9.10. The molecule has 1 N–H and O–H groups in total. The van der Waals surface area contributed by atoms with E-state index in [0.717, 1.165) is 32.5 Å². The number of aromatic nitrogens is 3. The highest BCUT2D eigenvalue weighted by Gasteiger charge is 2.16. The Morgan fingerprint density at radius 3 is 2.60 bits per heavy atom. The second-order valence-electron chi connectivity index (χ2n) is 7.17. The van der Waals surface area contributed by atoms with Crippen LogP contribution in [0, 0.1) is 0 Å². The summed E-state index contributed by atoms with van der Waals surface area (Å²) in [4.78, 5) is 9.21. The Labute approximate surface area is 155 Å². The third kappa shape index (κ3) is 2.89.